The SMILES string of the molecule is CCn1nc(CCCOC(=O)c2ccc(S(=O)(=O)C(C)C)cc2)c2c1C(=O)NCCCOCCC2. The second kappa shape index (κ2) is 12.3. The van der Waals surface area contributed by atoms with E-state index in [0.717, 1.165) is 24.1 Å². The molecule has 1 aromatic carbocycles. The molecule has 0 atom stereocenters. The molecule has 9 nitrogen and oxygen atoms in total. The number of fused-ring (bicyclic) bond motifs is 1. The van der Waals surface area contributed by atoms with E-state index in [9.17, 15) is 18.0 Å². The summed E-state index contributed by atoms with van der Waals surface area (Å²) in [5, 5.41) is 7.09. The van der Waals surface area contributed by atoms with E-state index >= 15 is 0 Å². The topological polar surface area (TPSA) is 117 Å². The van der Waals surface area contributed by atoms with E-state index in [4.69, 9.17) is 9.47 Å². The highest BCUT2D eigenvalue weighted by Crippen LogP contribution is 2.20. The van der Waals surface area contributed by atoms with Crippen LogP contribution in [0.5, 0.6) is 0 Å². The predicted molar refractivity (Wildman–Crippen MR) is 131 cm³/mol. The number of hydrogen-bond acceptors (Lipinski definition) is 7. The first-order chi connectivity index (χ1) is 16.8. The number of rotatable bonds is 8. The van der Waals surface area contributed by atoms with E-state index in [2.05, 4.69) is 10.4 Å². The Morgan fingerprint density at radius 3 is 2.60 bits per heavy atom. The highest BCUT2D eigenvalue weighted by atomic mass is 32.2. The van der Waals surface area contributed by atoms with E-state index in [0.29, 0.717) is 56.8 Å². The lowest BCUT2D eigenvalue weighted by Gasteiger charge is -2.09. The summed E-state index contributed by atoms with van der Waals surface area (Å²) >= 11 is 0. The maximum absolute atomic E-state index is 12.8. The Balaban J connectivity index is 1.62. The van der Waals surface area contributed by atoms with E-state index in [1.165, 1.54) is 24.3 Å². The molecule has 0 saturated heterocycles. The van der Waals surface area contributed by atoms with Crippen molar-refractivity contribution >= 4 is 21.7 Å². The molecule has 2 aromatic rings. The molecule has 1 aliphatic heterocycles. The van der Waals surface area contributed by atoms with Gasteiger partial charge in [-0.3, -0.25) is 9.48 Å². The van der Waals surface area contributed by atoms with Crippen LogP contribution in [0.2, 0.25) is 0 Å². The third kappa shape index (κ3) is 6.70. The average Bonchev–Trinajstić information content (AvgIpc) is 3.18. The molecular formula is C25H35N3O6S. The lowest BCUT2D eigenvalue weighted by molar-refractivity contribution is 0.0500. The Kier molecular flexibility index (Phi) is 9.45. The van der Waals surface area contributed by atoms with Crippen molar-refractivity contribution in [1.82, 2.24) is 15.1 Å². The quantitative estimate of drug-likeness (QED) is 0.433. The molecule has 0 fully saturated rings. The molecular weight excluding hydrogens is 470 g/mol. The summed E-state index contributed by atoms with van der Waals surface area (Å²) in [5.74, 6) is -0.620. The largest absolute Gasteiger partial charge is 0.462 e. The van der Waals surface area contributed by atoms with Crippen LogP contribution in [0.3, 0.4) is 0 Å². The molecule has 0 unspecified atom stereocenters. The van der Waals surface area contributed by atoms with Gasteiger partial charge in [-0.15, -0.1) is 0 Å². The van der Waals surface area contributed by atoms with Crippen molar-refractivity contribution in [3.63, 3.8) is 0 Å². The number of amides is 1. The minimum absolute atomic E-state index is 0.114. The van der Waals surface area contributed by atoms with E-state index < -0.39 is 21.1 Å². The summed E-state index contributed by atoms with van der Waals surface area (Å²) in [4.78, 5) is 25.4. The standard InChI is InChI=1S/C25H35N3O6S/c1-4-28-23-21(8-5-15-33-16-7-14-26-24(23)29)22(27-28)9-6-17-34-25(30)19-10-12-20(13-11-19)35(31,32)18(2)3/h10-13,18H,4-9,14-17H2,1-3H3,(H,26,29). The van der Waals surface area contributed by atoms with Crippen LogP contribution in [0.1, 0.15) is 72.1 Å². The molecule has 0 aliphatic carbocycles. The molecule has 3 rings (SSSR count). The summed E-state index contributed by atoms with van der Waals surface area (Å²) in [5.41, 5.74) is 2.68. The molecule has 1 aliphatic rings. The first-order valence-electron chi connectivity index (χ1n) is 12.2. The average molecular weight is 506 g/mol. The fourth-order valence-corrected chi connectivity index (χ4v) is 5.01. The molecule has 0 bridgehead atoms. The van der Waals surface area contributed by atoms with Crippen molar-refractivity contribution in [1.29, 1.82) is 0 Å². The fraction of sp³-hybridized carbons (Fsp3) is 0.560. The Morgan fingerprint density at radius 2 is 1.91 bits per heavy atom. The van der Waals surface area contributed by atoms with Crippen molar-refractivity contribution in [2.24, 2.45) is 0 Å². The van der Waals surface area contributed by atoms with Gasteiger partial charge in [-0.2, -0.15) is 5.10 Å². The van der Waals surface area contributed by atoms with Gasteiger partial charge in [0.1, 0.15) is 5.69 Å². The molecule has 1 N–H and O–H groups in total. The van der Waals surface area contributed by atoms with E-state index in [-0.39, 0.29) is 17.4 Å². The molecule has 1 aromatic heterocycles. The first-order valence-corrected chi connectivity index (χ1v) is 13.8. The number of aryl methyl sites for hydroxylation is 2. The van der Waals surface area contributed by atoms with E-state index in [1.54, 1.807) is 18.5 Å². The number of nitrogens with zero attached hydrogens (tertiary/aromatic N) is 2. The Morgan fingerprint density at radius 1 is 1.20 bits per heavy atom. The van der Waals surface area contributed by atoms with Crippen LogP contribution in [0.25, 0.3) is 0 Å². The molecule has 35 heavy (non-hydrogen) atoms. The van der Waals surface area contributed by atoms with Gasteiger partial charge in [0.25, 0.3) is 5.91 Å². The summed E-state index contributed by atoms with van der Waals surface area (Å²) in [6.07, 6.45) is 3.40. The summed E-state index contributed by atoms with van der Waals surface area (Å²) < 4.78 is 37.3. The van der Waals surface area contributed by atoms with Crippen LogP contribution < -0.4 is 5.32 Å². The number of carbonyl (C=O) groups is 2. The van der Waals surface area contributed by atoms with Gasteiger partial charge in [0, 0.05) is 31.9 Å². The maximum Gasteiger partial charge on any atom is 0.338 e. The zero-order valence-electron chi connectivity index (χ0n) is 20.7. The molecule has 1 amide bonds. The molecule has 2 heterocycles. The maximum atomic E-state index is 12.8. The minimum Gasteiger partial charge on any atom is -0.462 e. The number of aromatic nitrogens is 2. The van der Waals surface area contributed by atoms with Crippen molar-refractivity contribution in [2.75, 3.05) is 26.4 Å². The zero-order chi connectivity index (χ0) is 25.4. The van der Waals surface area contributed by atoms with Crippen molar-refractivity contribution in [3.8, 4) is 0 Å². The lowest BCUT2D eigenvalue weighted by Crippen LogP contribution is -2.28. The minimum atomic E-state index is -3.39. The third-order valence-corrected chi connectivity index (χ3v) is 8.12. The van der Waals surface area contributed by atoms with Crippen LogP contribution in [0, 0.1) is 0 Å². The van der Waals surface area contributed by atoms with Gasteiger partial charge in [-0.05, 0) is 77.1 Å². The number of carbonyl (C=O) groups excluding carboxylic acids is 2. The van der Waals surface area contributed by atoms with E-state index in [1.807, 2.05) is 6.92 Å². The first kappa shape index (κ1) is 26.9. The van der Waals surface area contributed by atoms with Crippen LogP contribution in [-0.4, -0.2) is 61.7 Å². The fourth-order valence-electron chi connectivity index (χ4n) is 3.95. The lowest BCUT2D eigenvalue weighted by atomic mass is 10.0. The van der Waals surface area contributed by atoms with Crippen molar-refractivity contribution < 1.29 is 27.5 Å². The van der Waals surface area contributed by atoms with Crippen LogP contribution in [0.4, 0.5) is 0 Å². The number of hydrogen-bond donors (Lipinski definition) is 1. The van der Waals surface area contributed by atoms with Gasteiger partial charge in [-0.1, -0.05) is 0 Å². The van der Waals surface area contributed by atoms with Gasteiger partial charge < -0.3 is 14.8 Å². The normalized spacial score (nSPS) is 15.3. The Labute approximate surface area is 207 Å². The molecule has 10 heteroatoms. The van der Waals surface area contributed by atoms with Gasteiger partial charge >= 0.3 is 5.97 Å². The van der Waals surface area contributed by atoms with Crippen molar-refractivity contribution in [3.05, 3.63) is 46.8 Å². The van der Waals surface area contributed by atoms with Gasteiger partial charge in [0.2, 0.25) is 0 Å². The third-order valence-electron chi connectivity index (χ3n) is 5.95. The van der Waals surface area contributed by atoms with Crippen LogP contribution in [-0.2, 0) is 38.7 Å². The van der Waals surface area contributed by atoms with Gasteiger partial charge in [0.15, 0.2) is 9.84 Å². The monoisotopic (exact) mass is 505 g/mol. The number of esters is 1. The zero-order valence-corrected chi connectivity index (χ0v) is 21.5. The molecule has 0 radical (unpaired) electrons. The number of benzene rings is 1. The van der Waals surface area contributed by atoms with Gasteiger partial charge in [0.05, 0.1) is 28.0 Å². The van der Waals surface area contributed by atoms with Crippen molar-refractivity contribution in [2.45, 2.75) is 69.6 Å². The molecule has 0 saturated carbocycles. The van der Waals surface area contributed by atoms with Gasteiger partial charge in [-0.25, -0.2) is 13.2 Å². The number of sulfone groups is 1. The summed E-state index contributed by atoms with van der Waals surface area (Å²) in [6.45, 7) is 7.79. The molecule has 192 valence electrons. The Hall–Kier alpha value is -2.72. The second-order valence-electron chi connectivity index (χ2n) is 8.77. The second-order valence-corrected chi connectivity index (χ2v) is 11.3. The molecule has 0 spiro atoms. The highest BCUT2D eigenvalue weighted by Gasteiger charge is 2.23. The Bertz CT molecular complexity index is 1120. The van der Waals surface area contributed by atoms with Crippen LogP contribution in [0.15, 0.2) is 29.2 Å². The highest BCUT2D eigenvalue weighted by molar-refractivity contribution is 7.92. The smallest absolute Gasteiger partial charge is 0.338 e. The number of nitrogens with one attached hydrogen (secondary N) is 1. The van der Waals surface area contributed by atoms with Crippen LogP contribution >= 0.6 is 0 Å². The predicted octanol–water partition coefficient (Wildman–Crippen LogP) is 2.96. The number of ether oxygens (including phenoxy) is 2. The summed E-state index contributed by atoms with van der Waals surface area (Å²) in [6, 6.07) is 5.81. The summed E-state index contributed by atoms with van der Waals surface area (Å²) in [7, 11) is -3.39.